The molecule has 3 N–H and O–H groups in total. The standard InChI is InChI=1S/C11H16ClNO4S/c1-8-5-9(12)3-4-10(8)18(16,17)13-11(2,6-14)7-15/h3-5,13-15H,6-7H2,1-2H3. The van der Waals surface area contributed by atoms with E-state index in [-0.39, 0.29) is 4.90 Å². The molecular weight excluding hydrogens is 278 g/mol. The Bertz CT molecular complexity index is 526. The summed E-state index contributed by atoms with van der Waals surface area (Å²) in [7, 11) is -3.82. The molecule has 18 heavy (non-hydrogen) atoms. The van der Waals surface area contributed by atoms with E-state index in [1.807, 2.05) is 0 Å². The predicted octanol–water partition coefficient (Wildman–Crippen LogP) is 0.670. The second kappa shape index (κ2) is 5.54. The van der Waals surface area contributed by atoms with E-state index in [4.69, 9.17) is 21.8 Å². The zero-order valence-corrected chi connectivity index (χ0v) is 11.7. The van der Waals surface area contributed by atoms with E-state index in [9.17, 15) is 8.42 Å². The van der Waals surface area contributed by atoms with Crippen LogP contribution in [-0.4, -0.2) is 37.4 Å². The van der Waals surface area contributed by atoms with E-state index in [0.717, 1.165) is 0 Å². The molecule has 0 fully saturated rings. The minimum Gasteiger partial charge on any atom is -0.394 e. The van der Waals surface area contributed by atoms with E-state index in [0.29, 0.717) is 10.6 Å². The largest absolute Gasteiger partial charge is 0.394 e. The molecule has 7 heteroatoms. The number of halogens is 1. The Hall–Kier alpha value is -0.660. The molecule has 0 amide bonds. The van der Waals surface area contributed by atoms with Crippen LogP contribution in [0, 0.1) is 6.92 Å². The highest BCUT2D eigenvalue weighted by molar-refractivity contribution is 7.89. The molecule has 1 aromatic rings. The molecule has 0 aliphatic heterocycles. The zero-order valence-electron chi connectivity index (χ0n) is 10.1. The quantitative estimate of drug-likeness (QED) is 0.745. The zero-order chi connectivity index (χ0) is 14.0. The smallest absolute Gasteiger partial charge is 0.241 e. The second-order valence-electron chi connectivity index (χ2n) is 4.39. The minimum atomic E-state index is -3.82. The molecule has 0 bridgehead atoms. The second-order valence-corrected chi connectivity index (χ2v) is 6.48. The molecule has 1 rings (SSSR count). The van der Waals surface area contributed by atoms with Crippen LogP contribution in [0.15, 0.2) is 23.1 Å². The molecule has 0 aliphatic carbocycles. The summed E-state index contributed by atoms with van der Waals surface area (Å²) >= 11 is 5.76. The first-order chi connectivity index (χ1) is 8.24. The van der Waals surface area contributed by atoms with Crippen molar-refractivity contribution in [1.82, 2.24) is 4.72 Å². The van der Waals surface area contributed by atoms with Crippen LogP contribution in [0.3, 0.4) is 0 Å². The summed E-state index contributed by atoms with van der Waals surface area (Å²) in [6.45, 7) is 2.02. The van der Waals surface area contributed by atoms with Gasteiger partial charge in [0.1, 0.15) is 0 Å². The van der Waals surface area contributed by atoms with Crippen LogP contribution in [0.4, 0.5) is 0 Å². The fourth-order valence-electron chi connectivity index (χ4n) is 1.41. The molecular formula is C11H16ClNO4S. The van der Waals surface area contributed by atoms with Crippen LogP contribution in [0.2, 0.25) is 5.02 Å². The number of hydrogen-bond acceptors (Lipinski definition) is 4. The van der Waals surface area contributed by atoms with Crippen molar-refractivity contribution in [2.24, 2.45) is 0 Å². The van der Waals surface area contributed by atoms with E-state index in [2.05, 4.69) is 4.72 Å². The highest BCUT2D eigenvalue weighted by Gasteiger charge is 2.30. The third-order valence-corrected chi connectivity index (χ3v) is 4.54. The van der Waals surface area contributed by atoms with E-state index in [1.54, 1.807) is 6.92 Å². The first-order valence-electron chi connectivity index (χ1n) is 5.26. The van der Waals surface area contributed by atoms with Crippen LogP contribution in [-0.2, 0) is 10.0 Å². The number of aliphatic hydroxyl groups is 2. The summed E-state index contributed by atoms with van der Waals surface area (Å²) in [5.41, 5.74) is -0.807. The number of rotatable bonds is 5. The lowest BCUT2D eigenvalue weighted by molar-refractivity contribution is 0.121. The van der Waals surface area contributed by atoms with Gasteiger partial charge in [-0.25, -0.2) is 13.1 Å². The summed E-state index contributed by atoms with van der Waals surface area (Å²) in [5, 5.41) is 18.6. The van der Waals surface area contributed by atoms with Gasteiger partial charge in [-0.3, -0.25) is 0 Å². The predicted molar refractivity (Wildman–Crippen MR) is 69.1 cm³/mol. The fraction of sp³-hybridized carbons (Fsp3) is 0.455. The van der Waals surface area contributed by atoms with Gasteiger partial charge < -0.3 is 10.2 Å². The lowest BCUT2D eigenvalue weighted by Gasteiger charge is -2.26. The van der Waals surface area contributed by atoms with Gasteiger partial charge in [0.25, 0.3) is 0 Å². The molecule has 0 saturated heterocycles. The van der Waals surface area contributed by atoms with Gasteiger partial charge >= 0.3 is 0 Å². The maximum Gasteiger partial charge on any atom is 0.241 e. The van der Waals surface area contributed by atoms with Crippen molar-refractivity contribution in [2.45, 2.75) is 24.3 Å². The topological polar surface area (TPSA) is 86.6 Å². The third-order valence-electron chi connectivity index (χ3n) is 2.51. The lowest BCUT2D eigenvalue weighted by Crippen LogP contribution is -2.51. The van der Waals surface area contributed by atoms with Gasteiger partial charge in [0.2, 0.25) is 10.0 Å². The Kier molecular flexibility index (Phi) is 4.74. The average molecular weight is 294 g/mol. The number of aryl methyl sites for hydroxylation is 1. The number of sulfonamides is 1. The molecule has 0 aliphatic rings. The molecule has 0 unspecified atom stereocenters. The first-order valence-corrected chi connectivity index (χ1v) is 7.12. The first kappa shape index (κ1) is 15.4. The van der Waals surface area contributed by atoms with Crippen molar-refractivity contribution in [3.63, 3.8) is 0 Å². The Labute approximate surface area is 111 Å². The van der Waals surface area contributed by atoms with Crippen molar-refractivity contribution in [2.75, 3.05) is 13.2 Å². The summed E-state index contributed by atoms with van der Waals surface area (Å²) < 4.78 is 26.5. The molecule has 0 spiro atoms. The van der Waals surface area contributed by atoms with Crippen LogP contribution < -0.4 is 4.72 Å². The van der Waals surface area contributed by atoms with Crippen LogP contribution >= 0.6 is 11.6 Å². The van der Waals surface area contributed by atoms with E-state index >= 15 is 0 Å². The summed E-state index contributed by atoms with van der Waals surface area (Å²) in [5.74, 6) is 0. The average Bonchev–Trinajstić information content (AvgIpc) is 2.27. The van der Waals surface area contributed by atoms with E-state index < -0.39 is 28.8 Å². The Morgan fingerprint density at radius 1 is 1.33 bits per heavy atom. The van der Waals surface area contributed by atoms with Gasteiger partial charge in [-0.2, -0.15) is 0 Å². The van der Waals surface area contributed by atoms with Gasteiger partial charge in [0.05, 0.1) is 23.6 Å². The molecule has 0 radical (unpaired) electrons. The maximum atomic E-state index is 12.1. The van der Waals surface area contributed by atoms with Crippen molar-refractivity contribution in [3.05, 3.63) is 28.8 Å². The van der Waals surface area contributed by atoms with Gasteiger partial charge in [0, 0.05) is 5.02 Å². The highest BCUT2D eigenvalue weighted by atomic mass is 35.5. The molecule has 102 valence electrons. The molecule has 0 aromatic heterocycles. The maximum absolute atomic E-state index is 12.1. The van der Waals surface area contributed by atoms with Crippen LogP contribution in [0.1, 0.15) is 12.5 Å². The monoisotopic (exact) mass is 293 g/mol. The molecule has 0 atom stereocenters. The summed E-state index contributed by atoms with van der Waals surface area (Å²) in [6.07, 6.45) is 0. The Morgan fingerprint density at radius 2 is 1.89 bits per heavy atom. The Balaban J connectivity index is 3.15. The van der Waals surface area contributed by atoms with Gasteiger partial charge in [-0.1, -0.05) is 11.6 Å². The van der Waals surface area contributed by atoms with Crippen LogP contribution in [0.5, 0.6) is 0 Å². The Morgan fingerprint density at radius 3 is 2.33 bits per heavy atom. The molecule has 5 nitrogen and oxygen atoms in total. The van der Waals surface area contributed by atoms with Crippen molar-refractivity contribution in [3.8, 4) is 0 Å². The van der Waals surface area contributed by atoms with Crippen molar-refractivity contribution in [1.29, 1.82) is 0 Å². The summed E-state index contributed by atoms with van der Waals surface area (Å²) in [6, 6.07) is 4.39. The molecule has 0 saturated carbocycles. The fourth-order valence-corrected chi connectivity index (χ4v) is 3.25. The van der Waals surface area contributed by atoms with E-state index in [1.165, 1.54) is 25.1 Å². The SMILES string of the molecule is Cc1cc(Cl)ccc1S(=O)(=O)NC(C)(CO)CO. The lowest BCUT2D eigenvalue weighted by atomic mass is 10.1. The van der Waals surface area contributed by atoms with Crippen molar-refractivity contribution < 1.29 is 18.6 Å². The van der Waals surface area contributed by atoms with Crippen LogP contribution in [0.25, 0.3) is 0 Å². The normalized spacial score (nSPS) is 12.7. The molecule has 1 aromatic carbocycles. The van der Waals surface area contributed by atoms with Gasteiger partial charge in [-0.15, -0.1) is 0 Å². The van der Waals surface area contributed by atoms with Gasteiger partial charge in [-0.05, 0) is 37.6 Å². The minimum absolute atomic E-state index is 0.0695. The number of benzene rings is 1. The number of aliphatic hydroxyl groups excluding tert-OH is 2. The highest BCUT2D eigenvalue weighted by Crippen LogP contribution is 2.20. The number of hydrogen-bond donors (Lipinski definition) is 3. The third kappa shape index (κ3) is 3.43. The van der Waals surface area contributed by atoms with Gasteiger partial charge in [0.15, 0.2) is 0 Å². The number of nitrogens with one attached hydrogen (secondary N) is 1. The molecule has 0 heterocycles. The summed E-state index contributed by atoms with van der Waals surface area (Å²) in [4.78, 5) is 0.0695. The van der Waals surface area contributed by atoms with Crippen molar-refractivity contribution >= 4 is 21.6 Å².